The number of hydrogen-bond donors (Lipinski definition) is 3. The number of aliphatic hydroxyl groups is 3. The molecule has 0 spiro atoms. The summed E-state index contributed by atoms with van der Waals surface area (Å²) < 4.78 is 0. The van der Waals surface area contributed by atoms with E-state index in [2.05, 4.69) is 0 Å². The average Bonchev–Trinajstić information content (AvgIpc) is 2.41. The Balaban J connectivity index is 2.13. The standard InChI is InChI=1S/C7H13NO3/c9-4-1-2-8-3-5(10)7(11)6(4)8/h4-7,9-11H,1-3H2/t4-,5-,6-,7?/m1/s1. The number of aliphatic hydroxyl groups excluding tert-OH is 3. The van der Waals surface area contributed by atoms with Crippen LogP contribution in [0.1, 0.15) is 6.42 Å². The summed E-state index contributed by atoms with van der Waals surface area (Å²) in [6.07, 6.45) is -1.17. The van der Waals surface area contributed by atoms with E-state index in [1.54, 1.807) is 0 Å². The zero-order valence-electron chi connectivity index (χ0n) is 6.22. The number of nitrogens with zero attached hydrogens (tertiary/aromatic N) is 1. The van der Waals surface area contributed by atoms with Crippen molar-refractivity contribution in [2.45, 2.75) is 30.8 Å². The van der Waals surface area contributed by atoms with E-state index in [9.17, 15) is 15.3 Å². The van der Waals surface area contributed by atoms with Crippen LogP contribution in [0.25, 0.3) is 0 Å². The minimum absolute atomic E-state index is 0.218. The number of rotatable bonds is 0. The molecule has 1 unspecified atom stereocenters. The third kappa shape index (κ3) is 0.980. The Labute approximate surface area is 65.1 Å². The maximum absolute atomic E-state index is 9.39. The molecule has 0 aliphatic carbocycles. The molecule has 2 heterocycles. The fraction of sp³-hybridized carbons (Fsp3) is 1.00. The molecule has 2 saturated heterocycles. The van der Waals surface area contributed by atoms with Crippen LogP contribution >= 0.6 is 0 Å². The van der Waals surface area contributed by atoms with E-state index < -0.39 is 18.3 Å². The Morgan fingerprint density at radius 2 is 1.82 bits per heavy atom. The van der Waals surface area contributed by atoms with Crippen LogP contribution in [0, 0.1) is 0 Å². The van der Waals surface area contributed by atoms with Crippen LogP contribution in [0.3, 0.4) is 0 Å². The van der Waals surface area contributed by atoms with Gasteiger partial charge in [-0.3, -0.25) is 4.90 Å². The van der Waals surface area contributed by atoms with E-state index in [0.29, 0.717) is 13.0 Å². The first-order chi connectivity index (χ1) is 5.20. The van der Waals surface area contributed by atoms with E-state index in [4.69, 9.17) is 0 Å². The van der Waals surface area contributed by atoms with E-state index in [1.165, 1.54) is 0 Å². The van der Waals surface area contributed by atoms with Gasteiger partial charge in [0.25, 0.3) is 0 Å². The average molecular weight is 159 g/mol. The minimum atomic E-state index is -0.757. The zero-order valence-corrected chi connectivity index (χ0v) is 6.22. The van der Waals surface area contributed by atoms with E-state index in [0.717, 1.165) is 6.54 Å². The van der Waals surface area contributed by atoms with E-state index >= 15 is 0 Å². The molecule has 2 fully saturated rings. The van der Waals surface area contributed by atoms with Gasteiger partial charge in [-0.25, -0.2) is 0 Å². The van der Waals surface area contributed by atoms with Crippen LogP contribution in [0.5, 0.6) is 0 Å². The normalized spacial score (nSPS) is 51.5. The van der Waals surface area contributed by atoms with Crippen molar-refractivity contribution in [2.75, 3.05) is 13.1 Å². The maximum atomic E-state index is 9.39. The first-order valence-electron chi connectivity index (χ1n) is 3.98. The van der Waals surface area contributed by atoms with Crippen molar-refractivity contribution in [3.05, 3.63) is 0 Å². The fourth-order valence-electron chi connectivity index (χ4n) is 2.09. The van der Waals surface area contributed by atoms with Gasteiger partial charge >= 0.3 is 0 Å². The van der Waals surface area contributed by atoms with Gasteiger partial charge in [0.15, 0.2) is 0 Å². The highest BCUT2D eigenvalue weighted by Gasteiger charge is 2.47. The summed E-state index contributed by atoms with van der Waals surface area (Å²) in [5, 5.41) is 28.0. The maximum Gasteiger partial charge on any atom is 0.0991 e. The molecule has 0 saturated carbocycles. The highest BCUT2D eigenvalue weighted by molar-refractivity contribution is 5.01. The molecule has 0 aromatic heterocycles. The summed E-state index contributed by atoms with van der Waals surface area (Å²) in [5.41, 5.74) is 0. The number of hydrogen-bond acceptors (Lipinski definition) is 4. The fourth-order valence-corrected chi connectivity index (χ4v) is 2.09. The van der Waals surface area contributed by atoms with Crippen LogP contribution < -0.4 is 0 Å². The van der Waals surface area contributed by atoms with E-state index in [-0.39, 0.29) is 6.04 Å². The molecule has 2 rings (SSSR count). The lowest BCUT2D eigenvalue weighted by Crippen LogP contribution is -2.38. The molecular weight excluding hydrogens is 146 g/mol. The van der Waals surface area contributed by atoms with Crippen LogP contribution in [0.2, 0.25) is 0 Å². The molecule has 0 aromatic rings. The Morgan fingerprint density at radius 1 is 1.09 bits per heavy atom. The van der Waals surface area contributed by atoms with E-state index in [1.807, 2.05) is 4.90 Å². The van der Waals surface area contributed by atoms with Crippen molar-refractivity contribution in [1.82, 2.24) is 4.90 Å². The number of fused-ring (bicyclic) bond motifs is 1. The summed E-state index contributed by atoms with van der Waals surface area (Å²) in [4.78, 5) is 1.94. The van der Waals surface area contributed by atoms with Crippen LogP contribution in [0.4, 0.5) is 0 Å². The van der Waals surface area contributed by atoms with Crippen molar-refractivity contribution < 1.29 is 15.3 Å². The smallest absolute Gasteiger partial charge is 0.0991 e. The molecule has 3 N–H and O–H groups in total. The Morgan fingerprint density at radius 3 is 2.45 bits per heavy atom. The predicted molar refractivity (Wildman–Crippen MR) is 38.0 cm³/mol. The molecule has 0 aromatic carbocycles. The van der Waals surface area contributed by atoms with Gasteiger partial charge in [0, 0.05) is 13.1 Å². The molecule has 4 heteroatoms. The molecule has 64 valence electrons. The van der Waals surface area contributed by atoms with Gasteiger partial charge in [-0.15, -0.1) is 0 Å². The Bertz CT molecular complexity index is 162. The van der Waals surface area contributed by atoms with Crippen LogP contribution in [0.15, 0.2) is 0 Å². The van der Waals surface area contributed by atoms with Crippen LogP contribution in [-0.2, 0) is 0 Å². The topological polar surface area (TPSA) is 63.9 Å². The summed E-state index contributed by atoms with van der Waals surface area (Å²) in [7, 11) is 0. The zero-order chi connectivity index (χ0) is 8.01. The molecule has 4 atom stereocenters. The third-order valence-corrected chi connectivity index (χ3v) is 2.69. The minimum Gasteiger partial charge on any atom is -0.391 e. The lowest BCUT2D eigenvalue weighted by atomic mass is 10.1. The highest BCUT2D eigenvalue weighted by Crippen LogP contribution is 2.28. The van der Waals surface area contributed by atoms with Crippen molar-refractivity contribution in [2.24, 2.45) is 0 Å². The highest BCUT2D eigenvalue weighted by atomic mass is 16.3. The van der Waals surface area contributed by atoms with Gasteiger partial charge in [0.2, 0.25) is 0 Å². The molecular formula is C7H13NO3. The van der Waals surface area contributed by atoms with Gasteiger partial charge in [0.1, 0.15) is 0 Å². The summed E-state index contributed by atoms with van der Waals surface area (Å²) in [6, 6.07) is -0.218. The second-order valence-corrected chi connectivity index (χ2v) is 3.40. The lowest BCUT2D eigenvalue weighted by molar-refractivity contribution is 0.00792. The SMILES string of the molecule is OC1[C@H](O)CN2CC[C@@H](O)[C@H]12. The third-order valence-electron chi connectivity index (χ3n) is 2.69. The first kappa shape index (κ1) is 7.49. The molecule has 0 bridgehead atoms. The molecule has 2 aliphatic heterocycles. The first-order valence-corrected chi connectivity index (χ1v) is 3.98. The van der Waals surface area contributed by atoms with Gasteiger partial charge < -0.3 is 15.3 Å². The van der Waals surface area contributed by atoms with Gasteiger partial charge in [0.05, 0.1) is 24.4 Å². The molecule has 2 aliphatic rings. The molecule has 0 radical (unpaired) electrons. The van der Waals surface area contributed by atoms with Gasteiger partial charge in [-0.1, -0.05) is 0 Å². The van der Waals surface area contributed by atoms with Crippen molar-refractivity contribution in [1.29, 1.82) is 0 Å². The molecule has 0 amide bonds. The summed E-state index contributed by atoms with van der Waals surface area (Å²) >= 11 is 0. The van der Waals surface area contributed by atoms with Crippen LogP contribution in [-0.4, -0.2) is 57.7 Å². The largest absolute Gasteiger partial charge is 0.391 e. The van der Waals surface area contributed by atoms with Gasteiger partial charge in [-0.2, -0.15) is 0 Å². The van der Waals surface area contributed by atoms with Gasteiger partial charge in [-0.05, 0) is 6.42 Å². The van der Waals surface area contributed by atoms with Crippen molar-refractivity contribution in [3.8, 4) is 0 Å². The monoisotopic (exact) mass is 159 g/mol. The lowest BCUT2D eigenvalue weighted by Gasteiger charge is -2.18. The second-order valence-electron chi connectivity index (χ2n) is 3.40. The quantitative estimate of drug-likeness (QED) is 0.388. The Hall–Kier alpha value is -0.160. The molecule has 4 nitrogen and oxygen atoms in total. The van der Waals surface area contributed by atoms with Crippen molar-refractivity contribution >= 4 is 0 Å². The Kier molecular flexibility index (Phi) is 1.64. The predicted octanol–water partition coefficient (Wildman–Crippen LogP) is -1.84. The summed E-state index contributed by atoms with van der Waals surface area (Å²) in [6.45, 7) is 1.29. The summed E-state index contributed by atoms with van der Waals surface area (Å²) in [5.74, 6) is 0. The van der Waals surface area contributed by atoms with Crippen molar-refractivity contribution in [3.63, 3.8) is 0 Å². The second kappa shape index (κ2) is 2.42. The molecule has 11 heavy (non-hydrogen) atoms.